The molecule has 2 aliphatic carbocycles. The summed E-state index contributed by atoms with van der Waals surface area (Å²) in [6.45, 7) is 13.0. The van der Waals surface area contributed by atoms with Gasteiger partial charge >= 0.3 is 17.9 Å². The van der Waals surface area contributed by atoms with E-state index in [1.807, 2.05) is 65.0 Å². The van der Waals surface area contributed by atoms with E-state index < -0.39 is 65.2 Å². The Morgan fingerprint density at radius 2 is 1.76 bits per heavy atom. The van der Waals surface area contributed by atoms with Gasteiger partial charge in [-0.1, -0.05) is 39.0 Å². The number of hydrogen-bond acceptors (Lipinski definition) is 11. The van der Waals surface area contributed by atoms with E-state index in [2.05, 4.69) is 0 Å². The molecule has 4 aliphatic rings. The number of methoxy groups -OCH3 is 1. The number of esters is 3. The Kier molecular flexibility index (Phi) is 9.39. The lowest BCUT2D eigenvalue weighted by atomic mass is 9.51. The van der Waals surface area contributed by atoms with Crippen molar-refractivity contribution in [3.8, 4) is 5.75 Å². The highest BCUT2D eigenvalue weighted by Gasteiger charge is 2.86. The molecule has 2 saturated heterocycles. The molecule has 11 heteroatoms. The van der Waals surface area contributed by atoms with Gasteiger partial charge in [0.25, 0.3) is 0 Å². The van der Waals surface area contributed by atoms with Crippen molar-refractivity contribution >= 4 is 17.9 Å². The van der Waals surface area contributed by atoms with E-state index in [1.54, 1.807) is 7.11 Å². The predicted octanol–water partition coefficient (Wildman–Crippen LogP) is 4.46. The lowest BCUT2D eigenvalue weighted by Crippen LogP contribution is -2.68. The molecule has 2 aliphatic heterocycles. The maximum absolute atomic E-state index is 12.9. The number of carbonyl (C=O) groups is 3. The number of hydrogen-bond donors (Lipinski definition) is 0. The zero-order valence-electron chi connectivity index (χ0n) is 27.5. The number of ether oxygens (including phenoxy) is 8. The Labute approximate surface area is 264 Å². The highest BCUT2D eigenvalue weighted by atomic mass is 16.7. The summed E-state index contributed by atoms with van der Waals surface area (Å²) >= 11 is 0. The Bertz CT molecular complexity index is 1300. The topological polar surface area (TPSA) is 128 Å². The van der Waals surface area contributed by atoms with E-state index in [4.69, 9.17) is 37.9 Å². The molecule has 1 saturated carbocycles. The second-order valence-electron chi connectivity index (χ2n) is 13.2. The van der Waals surface area contributed by atoms with Crippen LogP contribution in [-0.2, 0) is 47.5 Å². The summed E-state index contributed by atoms with van der Waals surface area (Å²) in [6.07, 6.45) is -1.88. The first kappa shape index (κ1) is 33.4. The molecule has 2 bridgehead atoms. The van der Waals surface area contributed by atoms with Crippen molar-refractivity contribution in [3.05, 3.63) is 41.5 Å². The van der Waals surface area contributed by atoms with Crippen LogP contribution in [0.3, 0.4) is 0 Å². The molecule has 11 nitrogen and oxygen atoms in total. The van der Waals surface area contributed by atoms with Crippen molar-refractivity contribution in [3.63, 3.8) is 0 Å². The van der Waals surface area contributed by atoms with Crippen LogP contribution in [0.25, 0.3) is 0 Å². The van der Waals surface area contributed by atoms with E-state index >= 15 is 0 Å². The summed E-state index contributed by atoms with van der Waals surface area (Å²) in [4.78, 5) is 38.0. The van der Waals surface area contributed by atoms with Gasteiger partial charge < -0.3 is 37.9 Å². The van der Waals surface area contributed by atoms with Gasteiger partial charge in [0, 0.05) is 38.9 Å². The summed E-state index contributed by atoms with van der Waals surface area (Å²) in [6, 6.07) is 7.36. The summed E-state index contributed by atoms with van der Waals surface area (Å²) in [7, 11) is 1.60. The monoisotopic (exact) mass is 630 g/mol. The summed E-state index contributed by atoms with van der Waals surface area (Å²) < 4.78 is 49.3. The van der Waals surface area contributed by atoms with Crippen molar-refractivity contribution in [1.82, 2.24) is 0 Å². The van der Waals surface area contributed by atoms with Gasteiger partial charge in [-0.2, -0.15) is 0 Å². The highest BCUT2D eigenvalue weighted by molar-refractivity contribution is 5.70. The van der Waals surface area contributed by atoms with E-state index in [1.165, 1.54) is 13.8 Å². The van der Waals surface area contributed by atoms with Crippen LogP contribution >= 0.6 is 0 Å². The molecular weight excluding hydrogens is 584 g/mol. The molecule has 5 rings (SSSR count). The van der Waals surface area contributed by atoms with Crippen LogP contribution in [0.15, 0.2) is 35.9 Å². The molecule has 0 aromatic heterocycles. The van der Waals surface area contributed by atoms with Crippen molar-refractivity contribution in [2.75, 3.05) is 26.9 Å². The number of fused-ring (bicyclic) bond motifs is 2. The van der Waals surface area contributed by atoms with Crippen LogP contribution in [0.5, 0.6) is 5.75 Å². The quantitative estimate of drug-likeness (QED) is 0.107. The SMILES string of the molecule is CCOC(O[C@@H]1[C@@H](OC(C)=O)[C@]2(C)[C@@]3(COC(C)=O)C[C@H](OC(=O)CC(C)C)C(C)=C[C@H]3O[C@H]1[C@@]21CO1)c1ccc(OC)cc1. The molecule has 1 aromatic carbocycles. The number of carbonyl (C=O) groups excluding carboxylic acids is 3. The van der Waals surface area contributed by atoms with Crippen LogP contribution in [0.4, 0.5) is 0 Å². The van der Waals surface area contributed by atoms with Crippen molar-refractivity contribution < 1.29 is 52.3 Å². The molecule has 3 fully saturated rings. The molecule has 1 aromatic rings. The van der Waals surface area contributed by atoms with Gasteiger partial charge in [-0.3, -0.25) is 14.4 Å². The van der Waals surface area contributed by atoms with E-state index in [0.29, 0.717) is 19.0 Å². The van der Waals surface area contributed by atoms with Gasteiger partial charge in [0.15, 0.2) is 6.29 Å². The molecule has 45 heavy (non-hydrogen) atoms. The van der Waals surface area contributed by atoms with Crippen molar-refractivity contribution in [2.45, 2.75) is 104 Å². The number of benzene rings is 1. The van der Waals surface area contributed by atoms with Gasteiger partial charge in [-0.05, 0) is 37.5 Å². The molecular formula is C34H46O11. The van der Waals surface area contributed by atoms with Gasteiger partial charge in [-0.15, -0.1) is 0 Å². The molecule has 248 valence electrons. The largest absolute Gasteiger partial charge is 0.497 e. The first-order valence-corrected chi connectivity index (χ1v) is 15.7. The van der Waals surface area contributed by atoms with Crippen LogP contribution in [-0.4, -0.2) is 81.0 Å². The molecule has 9 atom stereocenters. The zero-order valence-corrected chi connectivity index (χ0v) is 27.5. The maximum Gasteiger partial charge on any atom is 0.306 e. The van der Waals surface area contributed by atoms with Crippen molar-refractivity contribution in [2.24, 2.45) is 16.7 Å². The number of rotatable bonds is 12. The normalized spacial score (nSPS) is 35.3. The maximum atomic E-state index is 12.9. The van der Waals surface area contributed by atoms with Gasteiger partial charge in [0.05, 0.1) is 30.7 Å². The van der Waals surface area contributed by atoms with Gasteiger partial charge in [0.2, 0.25) is 0 Å². The Hall–Kier alpha value is -2.99. The smallest absolute Gasteiger partial charge is 0.306 e. The van der Waals surface area contributed by atoms with Crippen LogP contribution in [0.2, 0.25) is 0 Å². The predicted molar refractivity (Wildman–Crippen MR) is 160 cm³/mol. The van der Waals surface area contributed by atoms with Gasteiger partial charge in [-0.25, -0.2) is 0 Å². The Morgan fingerprint density at radius 1 is 1.07 bits per heavy atom. The molecule has 0 amide bonds. The molecule has 0 N–H and O–H groups in total. The second-order valence-corrected chi connectivity index (χ2v) is 13.2. The summed E-state index contributed by atoms with van der Waals surface area (Å²) in [5, 5.41) is 0. The van der Waals surface area contributed by atoms with Crippen LogP contribution < -0.4 is 4.74 Å². The average molecular weight is 631 g/mol. The average Bonchev–Trinajstić information content (AvgIpc) is 3.76. The van der Waals surface area contributed by atoms with Crippen LogP contribution in [0.1, 0.15) is 73.2 Å². The first-order valence-electron chi connectivity index (χ1n) is 15.7. The Morgan fingerprint density at radius 3 is 2.31 bits per heavy atom. The lowest BCUT2D eigenvalue weighted by molar-refractivity contribution is -0.244. The Balaban J connectivity index is 1.59. The fraction of sp³-hybridized carbons (Fsp3) is 0.676. The third-order valence-corrected chi connectivity index (χ3v) is 9.97. The molecule has 1 unspecified atom stereocenters. The third kappa shape index (κ3) is 5.77. The highest BCUT2D eigenvalue weighted by Crippen LogP contribution is 2.72. The van der Waals surface area contributed by atoms with Crippen LogP contribution in [0, 0.1) is 16.7 Å². The standard InChI is InChI=1S/C34H46O11/c1-9-39-31(23-10-12-24(38-8)13-11-23)45-28-29(42-22(6)36)32(7)33(17-40-21(5)35)16-25(43-27(37)14-19(2)3)20(4)15-26(33)44-30(28)34(32)18-41-34/h10-13,15,19,25-26,28-31H,9,14,16-18H2,1-8H3/t25-,26+,28+,29+,30+,31?,32+,33+,34-/m0/s1. The molecule has 1 spiro atoms. The zero-order chi connectivity index (χ0) is 32.7. The first-order chi connectivity index (χ1) is 21.3. The van der Waals surface area contributed by atoms with E-state index in [0.717, 1.165) is 11.1 Å². The fourth-order valence-electron chi connectivity index (χ4n) is 7.64. The summed E-state index contributed by atoms with van der Waals surface area (Å²) in [5.74, 6) is -0.476. The summed E-state index contributed by atoms with van der Waals surface area (Å²) in [5.41, 5.74) is -1.34. The number of epoxide rings is 1. The van der Waals surface area contributed by atoms with E-state index in [-0.39, 0.29) is 31.3 Å². The lowest BCUT2D eigenvalue weighted by Gasteiger charge is -2.58. The van der Waals surface area contributed by atoms with Crippen molar-refractivity contribution in [1.29, 1.82) is 0 Å². The minimum atomic E-state index is -1.01. The van der Waals surface area contributed by atoms with Gasteiger partial charge in [0.1, 0.15) is 42.4 Å². The molecule has 2 heterocycles. The fourth-order valence-corrected chi connectivity index (χ4v) is 7.64. The third-order valence-electron chi connectivity index (χ3n) is 9.97. The minimum absolute atomic E-state index is 0.0683. The minimum Gasteiger partial charge on any atom is -0.497 e. The van der Waals surface area contributed by atoms with E-state index in [9.17, 15) is 14.4 Å². The second kappa shape index (κ2) is 12.7. The molecule has 0 radical (unpaired) electrons.